The van der Waals surface area contributed by atoms with Crippen molar-refractivity contribution in [2.24, 2.45) is 0 Å². The first-order valence-corrected chi connectivity index (χ1v) is 4.90. The van der Waals surface area contributed by atoms with Crippen molar-refractivity contribution in [3.63, 3.8) is 0 Å². The lowest BCUT2D eigenvalue weighted by atomic mass is 10.1. The second kappa shape index (κ2) is 3.81. The van der Waals surface area contributed by atoms with Gasteiger partial charge in [-0.25, -0.2) is 4.39 Å². The SMILES string of the molecule is Fc1c(CI)cccc1C(F)(F)F. The third-order valence-electron chi connectivity index (χ3n) is 1.53. The molecule has 0 heterocycles. The van der Waals surface area contributed by atoms with Gasteiger partial charge >= 0.3 is 6.18 Å². The fourth-order valence-electron chi connectivity index (χ4n) is 0.902. The van der Waals surface area contributed by atoms with Crippen LogP contribution in [0.4, 0.5) is 17.6 Å². The van der Waals surface area contributed by atoms with Gasteiger partial charge in [0, 0.05) is 4.43 Å². The van der Waals surface area contributed by atoms with E-state index in [1.165, 1.54) is 12.1 Å². The third-order valence-corrected chi connectivity index (χ3v) is 2.35. The molecule has 0 aliphatic carbocycles. The Morgan fingerprint density at radius 1 is 1.23 bits per heavy atom. The average molecular weight is 304 g/mol. The lowest BCUT2D eigenvalue weighted by molar-refractivity contribution is -0.140. The average Bonchev–Trinajstić information content (AvgIpc) is 2.02. The van der Waals surface area contributed by atoms with Gasteiger partial charge in [-0.15, -0.1) is 0 Å². The van der Waals surface area contributed by atoms with E-state index in [1.807, 2.05) is 22.6 Å². The highest BCUT2D eigenvalue weighted by molar-refractivity contribution is 14.1. The van der Waals surface area contributed by atoms with Crippen LogP contribution in [0.2, 0.25) is 0 Å². The highest BCUT2D eigenvalue weighted by Gasteiger charge is 2.34. The molecule has 1 aromatic carbocycles. The molecule has 1 rings (SSSR count). The van der Waals surface area contributed by atoms with Gasteiger partial charge in [0.2, 0.25) is 0 Å². The summed E-state index contributed by atoms with van der Waals surface area (Å²) in [6.07, 6.45) is -4.61. The molecule has 0 bridgehead atoms. The summed E-state index contributed by atoms with van der Waals surface area (Å²) in [6, 6.07) is 3.29. The number of alkyl halides is 4. The number of rotatable bonds is 1. The van der Waals surface area contributed by atoms with E-state index >= 15 is 0 Å². The summed E-state index contributed by atoms with van der Waals surface area (Å²) in [5, 5.41) is 0. The van der Waals surface area contributed by atoms with Gasteiger partial charge in [-0.05, 0) is 11.6 Å². The molecule has 0 saturated heterocycles. The van der Waals surface area contributed by atoms with Crippen LogP contribution in [0, 0.1) is 5.82 Å². The summed E-state index contributed by atoms with van der Waals surface area (Å²) in [4.78, 5) is 0. The van der Waals surface area contributed by atoms with E-state index in [2.05, 4.69) is 0 Å². The predicted octanol–water partition coefficient (Wildman–Crippen LogP) is 3.78. The van der Waals surface area contributed by atoms with Crippen molar-refractivity contribution in [3.8, 4) is 0 Å². The zero-order valence-electron chi connectivity index (χ0n) is 6.33. The second-order valence-electron chi connectivity index (χ2n) is 2.41. The van der Waals surface area contributed by atoms with Crippen LogP contribution in [-0.4, -0.2) is 0 Å². The largest absolute Gasteiger partial charge is 0.419 e. The molecule has 13 heavy (non-hydrogen) atoms. The lowest BCUT2D eigenvalue weighted by Gasteiger charge is -2.09. The molecule has 0 N–H and O–H groups in total. The maximum Gasteiger partial charge on any atom is 0.419 e. The summed E-state index contributed by atoms with van der Waals surface area (Å²) in [6.45, 7) is 0. The second-order valence-corrected chi connectivity index (χ2v) is 3.17. The van der Waals surface area contributed by atoms with E-state index in [1.54, 1.807) is 0 Å². The first kappa shape index (κ1) is 10.7. The van der Waals surface area contributed by atoms with Gasteiger partial charge in [0.25, 0.3) is 0 Å². The normalized spacial score (nSPS) is 11.8. The highest BCUT2D eigenvalue weighted by atomic mass is 127. The van der Waals surface area contributed by atoms with Gasteiger partial charge < -0.3 is 0 Å². The molecule has 0 amide bonds. The minimum atomic E-state index is -4.61. The van der Waals surface area contributed by atoms with Gasteiger partial charge in [0.1, 0.15) is 5.82 Å². The van der Waals surface area contributed by atoms with Crippen LogP contribution in [0.1, 0.15) is 11.1 Å². The molecule has 72 valence electrons. The minimum absolute atomic E-state index is 0.0791. The summed E-state index contributed by atoms with van der Waals surface area (Å²) >= 11 is 1.82. The number of hydrogen-bond donors (Lipinski definition) is 0. The van der Waals surface area contributed by atoms with Crippen molar-refractivity contribution >= 4 is 22.6 Å². The fraction of sp³-hybridized carbons (Fsp3) is 0.250. The molecule has 0 fully saturated rings. The first-order chi connectivity index (χ1) is 5.96. The fourth-order valence-corrected chi connectivity index (χ4v) is 1.49. The molecule has 0 nitrogen and oxygen atoms in total. The Morgan fingerprint density at radius 3 is 2.31 bits per heavy atom. The Morgan fingerprint density at radius 2 is 1.85 bits per heavy atom. The number of hydrogen-bond acceptors (Lipinski definition) is 0. The van der Waals surface area contributed by atoms with E-state index in [0.717, 1.165) is 6.07 Å². The van der Waals surface area contributed by atoms with Crippen molar-refractivity contribution in [3.05, 3.63) is 35.1 Å². The third kappa shape index (κ3) is 2.32. The van der Waals surface area contributed by atoms with Crippen molar-refractivity contribution in [2.75, 3.05) is 0 Å². The van der Waals surface area contributed by atoms with E-state index in [9.17, 15) is 17.6 Å². The molecule has 5 heteroatoms. The summed E-state index contributed by atoms with van der Waals surface area (Å²) in [5.41, 5.74) is -1.11. The minimum Gasteiger partial charge on any atom is -0.206 e. The summed E-state index contributed by atoms with van der Waals surface area (Å²) in [7, 11) is 0. The number of halogens is 5. The van der Waals surface area contributed by atoms with Gasteiger partial charge in [-0.2, -0.15) is 13.2 Å². The molecule has 0 atom stereocenters. The smallest absolute Gasteiger partial charge is 0.206 e. The monoisotopic (exact) mass is 304 g/mol. The van der Waals surface area contributed by atoms with Crippen molar-refractivity contribution < 1.29 is 17.6 Å². The first-order valence-electron chi connectivity index (χ1n) is 3.37. The van der Waals surface area contributed by atoms with E-state index < -0.39 is 17.6 Å². The summed E-state index contributed by atoms with van der Waals surface area (Å²) < 4.78 is 49.6. The topological polar surface area (TPSA) is 0 Å². The zero-order valence-corrected chi connectivity index (χ0v) is 8.49. The Bertz CT molecular complexity index is 306. The zero-order chi connectivity index (χ0) is 10.1. The van der Waals surface area contributed by atoms with Gasteiger partial charge in [0.15, 0.2) is 0 Å². The van der Waals surface area contributed by atoms with Crippen LogP contribution in [0.25, 0.3) is 0 Å². The van der Waals surface area contributed by atoms with E-state index in [4.69, 9.17) is 0 Å². The molecule has 0 aromatic heterocycles. The maximum atomic E-state index is 13.0. The van der Waals surface area contributed by atoms with Crippen LogP contribution < -0.4 is 0 Å². The predicted molar refractivity (Wildman–Crippen MR) is 49.1 cm³/mol. The standard InChI is InChI=1S/C8H5F4I/c9-7-5(4-13)2-1-3-6(7)8(10,11)12/h1-3H,4H2. The Labute approximate surface area is 86.1 Å². The Hall–Kier alpha value is -0.330. The van der Waals surface area contributed by atoms with Gasteiger partial charge in [-0.1, -0.05) is 34.7 Å². The molecule has 0 saturated carbocycles. The van der Waals surface area contributed by atoms with E-state index in [0.29, 0.717) is 0 Å². The highest BCUT2D eigenvalue weighted by Crippen LogP contribution is 2.32. The molecule has 0 radical (unpaired) electrons. The summed E-state index contributed by atoms with van der Waals surface area (Å²) in [5.74, 6) is -1.16. The Balaban J connectivity index is 3.24. The van der Waals surface area contributed by atoms with Crippen molar-refractivity contribution in [1.82, 2.24) is 0 Å². The molecule has 0 unspecified atom stereocenters. The van der Waals surface area contributed by atoms with Crippen LogP contribution in [0.3, 0.4) is 0 Å². The molecule has 0 aliphatic heterocycles. The molecule has 1 aromatic rings. The van der Waals surface area contributed by atoms with Crippen molar-refractivity contribution in [1.29, 1.82) is 0 Å². The van der Waals surface area contributed by atoms with Crippen molar-refractivity contribution in [2.45, 2.75) is 10.6 Å². The van der Waals surface area contributed by atoms with Crippen LogP contribution in [-0.2, 0) is 10.6 Å². The van der Waals surface area contributed by atoms with Gasteiger partial charge in [-0.3, -0.25) is 0 Å². The van der Waals surface area contributed by atoms with E-state index in [-0.39, 0.29) is 9.99 Å². The molecular formula is C8H5F4I. The molecular weight excluding hydrogens is 299 g/mol. The van der Waals surface area contributed by atoms with Gasteiger partial charge in [0.05, 0.1) is 5.56 Å². The molecule has 0 spiro atoms. The van der Waals surface area contributed by atoms with Crippen LogP contribution in [0.5, 0.6) is 0 Å². The Kier molecular flexibility index (Phi) is 3.15. The maximum absolute atomic E-state index is 13.0. The number of benzene rings is 1. The van der Waals surface area contributed by atoms with Crippen LogP contribution in [0.15, 0.2) is 18.2 Å². The lowest BCUT2D eigenvalue weighted by Crippen LogP contribution is -2.09. The quantitative estimate of drug-likeness (QED) is 0.421. The van der Waals surface area contributed by atoms with Crippen LogP contribution >= 0.6 is 22.6 Å². The molecule has 0 aliphatic rings.